The lowest BCUT2D eigenvalue weighted by Crippen LogP contribution is -2.38. The first-order valence-corrected chi connectivity index (χ1v) is 6.62. The maximum Gasteiger partial charge on any atom is 0.331 e. The minimum absolute atomic E-state index is 0.328. The SMILES string of the molecule is CCCN(C(C)=O)C(C(=O)O)c1ccc(F)cc1Br. The van der Waals surface area contributed by atoms with Crippen molar-refractivity contribution in [2.24, 2.45) is 0 Å². The Kier molecular flexibility index (Phi) is 5.47. The summed E-state index contributed by atoms with van der Waals surface area (Å²) in [5.41, 5.74) is 0.359. The maximum absolute atomic E-state index is 13.1. The number of benzene rings is 1. The van der Waals surface area contributed by atoms with E-state index >= 15 is 0 Å². The van der Waals surface area contributed by atoms with Crippen molar-refractivity contribution in [1.82, 2.24) is 4.90 Å². The molecule has 0 radical (unpaired) electrons. The number of carbonyl (C=O) groups is 2. The van der Waals surface area contributed by atoms with E-state index in [0.717, 1.165) is 0 Å². The lowest BCUT2D eigenvalue weighted by atomic mass is 10.0. The standard InChI is InChI=1S/C13H15BrFNO3/c1-3-6-16(8(2)17)12(13(18)19)10-5-4-9(15)7-11(10)14/h4-5,7,12H,3,6H2,1-2H3,(H,18,19). The molecule has 4 nitrogen and oxygen atoms in total. The third-order valence-electron chi connectivity index (χ3n) is 2.67. The summed E-state index contributed by atoms with van der Waals surface area (Å²) in [5.74, 6) is -1.94. The van der Waals surface area contributed by atoms with Crippen LogP contribution in [0.3, 0.4) is 0 Å². The first kappa shape index (κ1) is 15.6. The number of rotatable bonds is 5. The van der Waals surface area contributed by atoms with E-state index in [1.54, 1.807) is 0 Å². The summed E-state index contributed by atoms with van der Waals surface area (Å²) in [6, 6.07) is 2.63. The molecule has 0 aliphatic rings. The highest BCUT2D eigenvalue weighted by Gasteiger charge is 2.30. The Balaban J connectivity index is 3.26. The van der Waals surface area contributed by atoms with Gasteiger partial charge in [-0.25, -0.2) is 9.18 Å². The van der Waals surface area contributed by atoms with Gasteiger partial charge in [0.2, 0.25) is 5.91 Å². The zero-order valence-corrected chi connectivity index (χ0v) is 12.3. The Morgan fingerprint density at radius 2 is 2.11 bits per heavy atom. The van der Waals surface area contributed by atoms with Gasteiger partial charge in [0.05, 0.1) is 0 Å². The minimum atomic E-state index is -1.14. The van der Waals surface area contributed by atoms with Gasteiger partial charge in [0, 0.05) is 23.5 Å². The minimum Gasteiger partial charge on any atom is -0.479 e. The second kappa shape index (κ2) is 6.65. The van der Waals surface area contributed by atoms with Crippen molar-refractivity contribution in [3.8, 4) is 0 Å². The topological polar surface area (TPSA) is 57.6 Å². The summed E-state index contributed by atoms with van der Waals surface area (Å²) in [6.45, 7) is 3.51. The molecule has 104 valence electrons. The quantitative estimate of drug-likeness (QED) is 0.902. The van der Waals surface area contributed by atoms with Gasteiger partial charge in [-0.05, 0) is 18.6 Å². The zero-order valence-electron chi connectivity index (χ0n) is 10.7. The number of amides is 1. The van der Waals surface area contributed by atoms with Gasteiger partial charge in [-0.3, -0.25) is 4.79 Å². The fourth-order valence-corrected chi connectivity index (χ4v) is 2.43. The Morgan fingerprint density at radius 3 is 2.53 bits per heavy atom. The van der Waals surface area contributed by atoms with Crippen molar-refractivity contribution < 1.29 is 19.1 Å². The number of carboxylic acid groups (broad SMARTS) is 1. The summed E-state index contributed by atoms with van der Waals surface area (Å²) in [7, 11) is 0. The summed E-state index contributed by atoms with van der Waals surface area (Å²) < 4.78 is 13.4. The normalized spacial score (nSPS) is 12.0. The first-order chi connectivity index (χ1) is 8.88. The molecule has 0 aliphatic carbocycles. The van der Waals surface area contributed by atoms with Gasteiger partial charge in [0.25, 0.3) is 0 Å². The monoisotopic (exact) mass is 331 g/mol. The average molecular weight is 332 g/mol. The highest BCUT2D eigenvalue weighted by atomic mass is 79.9. The van der Waals surface area contributed by atoms with Gasteiger partial charge < -0.3 is 10.0 Å². The fraction of sp³-hybridized carbons (Fsp3) is 0.385. The number of hydrogen-bond acceptors (Lipinski definition) is 2. The average Bonchev–Trinajstić information content (AvgIpc) is 2.30. The molecule has 0 spiro atoms. The predicted octanol–water partition coefficient (Wildman–Crippen LogP) is 2.97. The van der Waals surface area contributed by atoms with Crippen LogP contribution in [0.2, 0.25) is 0 Å². The van der Waals surface area contributed by atoms with Gasteiger partial charge in [-0.15, -0.1) is 0 Å². The summed E-state index contributed by atoms with van der Waals surface area (Å²) in [6.07, 6.45) is 0.641. The van der Waals surface area contributed by atoms with E-state index in [9.17, 15) is 19.1 Å². The lowest BCUT2D eigenvalue weighted by Gasteiger charge is -2.28. The van der Waals surface area contributed by atoms with Crippen LogP contribution < -0.4 is 0 Å². The number of aliphatic carboxylic acids is 1. The van der Waals surface area contributed by atoms with E-state index in [1.165, 1.54) is 30.0 Å². The Hall–Kier alpha value is -1.43. The highest BCUT2D eigenvalue weighted by Crippen LogP contribution is 2.29. The van der Waals surface area contributed by atoms with Gasteiger partial charge in [-0.2, -0.15) is 0 Å². The van der Waals surface area contributed by atoms with Crippen molar-refractivity contribution in [3.05, 3.63) is 34.1 Å². The van der Waals surface area contributed by atoms with Crippen molar-refractivity contribution in [2.45, 2.75) is 26.3 Å². The molecule has 1 amide bonds. The van der Waals surface area contributed by atoms with Crippen molar-refractivity contribution >= 4 is 27.8 Å². The maximum atomic E-state index is 13.1. The summed E-state index contributed by atoms with van der Waals surface area (Å²) >= 11 is 3.14. The largest absolute Gasteiger partial charge is 0.479 e. The van der Waals surface area contributed by atoms with E-state index in [1.807, 2.05) is 6.92 Å². The molecule has 1 aromatic carbocycles. The molecule has 0 saturated heterocycles. The molecule has 1 rings (SSSR count). The van der Waals surface area contributed by atoms with E-state index in [0.29, 0.717) is 23.0 Å². The van der Waals surface area contributed by atoms with Gasteiger partial charge in [-0.1, -0.05) is 28.9 Å². The van der Waals surface area contributed by atoms with Crippen LogP contribution in [0.15, 0.2) is 22.7 Å². The molecule has 0 bridgehead atoms. The Labute approximate surface area is 119 Å². The van der Waals surface area contributed by atoms with E-state index < -0.39 is 17.8 Å². The second-order valence-corrected chi connectivity index (χ2v) is 4.97. The van der Waals surface area contributed by atoms with E-state index in [2.05, 4.69) is 15.9 Å². The molecule has 0 heterocycles. The molecule has 19 heavy (non-hydrogen) atoms. The number of carbonyl (C=O) groups excluding carboxylic acids is 1. The van der Waals surface area contributed by atoms with Crippen molar-refractivity contribution in [3.63, 3.8) is 0 Å². The predicted molar refractivity (Wildman–Crippen MR) is 72.2 cm³/mol. The van der Waals surface area contributed by atoms with Gasteiger partial charge in [0.1, 0.15) is 5.82 Å². The van der Waals surface area contributed by atoms with Crippen LogP contribution in [-0.2, 0) is 9.59 Å². The van der Waals surface area contributed by atoms with Crippen LogP contribution in [0.1, 0.15) is 31.9 Å². The molecule has 0 aromatic heterocycles. The van der Waals surface area contributed by atoms with Crippen LogP contribution in [0.4, 0.5) is 4.39 Å². The van der Waals surface area contributed by atoms with Crippen LogP contribution >= 0.6 is 15.9 Å². The number of carboxylic acids is 1. The summed E-state index contributed by atoms with van der Waals surface area (Å²) in [5, 5.41) is 9.36. The third-order valence-corrected chi connectivity index (χ3v) is 3.36. The number of nitrogens with zero attached hydrogens (tertiary/aromatic N) is 1. The van der Waals surface area contributed by atoms with E-state index in [-0.39, 0.29) is 5.91 Å². The molecule has 1 aromatic rings. The van der Waals surface area contributed by atoms with Crippen molar-refractivity contribution in [2.75, 3.05) is 6.54 Å². The molecule has 1 unspecified atom stereocenters. The zero-order chi connectivity index (χ0) is 14.6. The first-order valence-electron chi connectivity index (χ1n) is 5.83. The van der Waals surface area contributed by atoms with Crippen LogP contribution in [0.25, 0.3) is 0 Å². The van der Waals surface area contributed by atoms with E-state index in [4.69, 9.17) is 0 Å². The second-order valence-electron chi connectivity index (χ2n) is 4.12. The van der Waals surface area contributed by atoms with Gasteiger partial charge >= 0.3 is 5.97 Å². The Bertz CT molecular complexity index is 493. The lowest BCUT2D eigenvalue weighted by molar-refractivity contribution is -0.149. The fourth-order valence-electron chi connectivity index (χ4n) is 1.87. The molecule has 1 N–H and O–H groups in total. The molecule has 0 saturated carbocycles. The van der Waals surface area contributed by atoms with Crippen LogP contribution in [0.5, 0.6) is 0 Å². The number of hydrogen-bond donors (Lipinski definition) is 1. The Morgan fingerprint density at radius 1 is 1.47 bits per heavy atom. The van der Waals surface area contributed by atoms with Crippen LogP contribution in [0, 0.1) is 5.82 Å². The molecule has 6 heteroatoms. The molecule has 0 aliphatic heterocycles. The summed E-state index contributed by atoms with van der Waals surface area (Å²) in [4.78, 5) is 24.3. The van der Waals surface area contributed by atoms with Gasteiger partial charge in [0.15, 0.2) is 6.04 Å². The smallest absolute Gasteiger partial charge is 0.331 e. The molecular weight excluding hydrogens is 317 g/mol. The van der Waals surface area contributed by atoms with Crippen LogP contribution in [-0.4, -0.2) is 28.4 Å². The van der Waals surface area contributed by atoms with Crippen molar-refractivity contribution in [1.29, 1.82) is 0 Å². The third kappa shape index (κ3) is 3.76. The highest BCUT2D eigenvalue weighted by molar-refractivity contribution is 9.10. The molecular formula is C13H15BrFNO3. The number of halogens is 2. The molecule has 1 atom stereocenters. The molecule has 0 fully saturated rings.